The lowest BCUT2D eigenvalue weighted by Gasteiger charge is -1.84. The number of carboxylic acids is 1. The van der Waals surface area contributed by atoms with Gasteiger partial charge in [-0.2, -0.15) is 0 Å². The molecule has 0 spiro atoms. The van der Waals surface area contributed by atoms with Crippen LogP contribution in [0.1, 0.15) is 12.5 Å². The average molecular weight is 190 g/mol. The molecule has 1 rings (SSSR count). The third-order valence-corrected chi connectivity index (χ3v) is 1.13. The molecular formula is C10H10N2O2. The Balaban J connectivity index is 0.000000364. The molecule has 0 fully saturated rings. The summed E-state index contributed by atoms with van der Waals surface area (Å²) in [4.78, 5) is 11.7. The topological polar surface area (TPSA) is 68.3 Å². The van der Waals surface area contributed by atoms with Gasteiger partial charge < -0.3 is 9.90 Å². The smallest absolute Gasteiger partial charge is 0.351 e. The molecule has 0 aromatic heterocycles. The molecule has 0 saturated carbocycles. The zero-order chi connectivity index (χ0) is 10.8. The molecule has 0 heterocycles. The molecule has 0 atom stereocenters. The molecule has 0 saturated heterocycles. The molecule has 0 aliphatic rings. The van der Waals surface area contributed by atoms with Gasteiger partial charge in [-0.15, -0.1) is 0 Å². The Morgan fingerprint density at radius 1 is 1.43 bits per heavy atom. The molecule has 1 aromatic carbocycles. The minimum Gasteiger partial charge on any atom is -0.550 e. The minimum absolute atomic E-state index is 0.972. The van der Waals surface area contributed by atoms with Gasteiger partial charge in [-0.1, -0.05) is 30.3 Å². The third-order valence-electron chi connectivity index (χ3n) is 1.13. The van der Waals surface area contributed by atoms with E-state index >= 15 is 0 Å². The summed E-state index contributed by atoms with van der Waals surface area (Å²) >= 11 is 0. The lowest BCUT2D eigenvalue weighted by atomic mass is 10.2. The van der Waals surface area contributed by atoms with E-state index < -0.39 is 5.97 Å². The van der Waals surface area contributed by atoms with Crippen LogP contribution in [0.15, 0.2) is 36.5 Å². The first-order chi connectivity index (χ1) is 6.66. The first kappa shape index (κ1) is 11.8. The normalized spacial score (nSPS) is 8.57. The van der Waals surface area contributed by atoms with Crippen LogP contribution in [0.25, 0.3) is 11.1 Å². The lowest BCUT2D eigenvalue weighted by Crippen LogP contribution is -2.16. The molecule has 0 radical (unpaired) electrons. The van der Waals surface area contributed by atoms with Gasteiger partial charge in [0.15, 0.2) is 4.98 Å². The van der Waals surface area contributed by atoms with Gasteiger partial charge >= 0.3 is 6.20 Å². The molecule has 4 nitrogen and oxygen atoms in total. The molecule has 1 aromatic rings. The van der Waals surface area contributed by atoms with Crippen molar-refractivity contribution in [2.75, 3.05) is 0 Å². The fourth-order valence-corrected chi connectivity index (χ4v) is 0.684. The number of hydrogen-bond acceptors (Lipinski definition) is 3. The molecule has 0 unspecified atom stereocenters. The summed E-state index contributed by atoms with van der Waals surface area (Å²) in [5.41, 5.74) is 1.03. The number of hydrogen-bond donors (Lipinski definition) is 0. The van der Waals surface area contributed by atoms with Crippen molar-refractivity contribution >= 4 is 12.0 Å². The Hall–Kier alpha value is -2.15. The molecule has 0 aliphatic heterocycles. The predicted octanol–water partition coefficient (Wildman–Crippen LogP) is 1.27. The van der Waals surface area contributed by atoms with Crippen LogP contribution in [0, 0.1) is 5.39 Å². The molecule has 0 bridgehead atoms. The SMILES string of the molecule is CC(=O)[O-].N#[N+]C=Cc1ccccc1. The minimum atomic E-state index is -1.08. The third kappa shape index (κ3) is 7.95. The molecular weight excluding hydrogens is 180 g/mol. The maximum Gasteiger partial charge on any atom is 0.351 e. The number of diazo groups is 1. The second-order valence-corrected chi connectivity index (χ2v) is 2.33. The zero-order valence-electron chi connectivity index (χ0n) is 7.75. The van der Waals surface area contributed by atoms with Crippen LogP contribution in [0.4, 0.5) is 0 Å². The van der Waals surface area contributed by atoms with E-state index in [0.29, 0.717) is 0 Å². The number of aliphatic carboxylic acids is 1. The van der Waals surface area contributed by atoms with Crippen LogP contribution in [0.5, 0.6) is 0 Å². The first-order valence-electron chi connectivity index (χ1n) is 3.90. The second-order valence-electron chi connectivity index (χ2n) is 2.33. The Morgan fingerprint density at radius 3 is 2.36 bits per heavy atom. The predicted molar refractivity (Wildman–Crippen MR) is 51.2 cm³/mol. The van der Waals surface area contributed by atoms with Crippen molar-refractivity contribution in [1.29, 1.82) is 5.39 Å². The monoisotopic (exact) mass is 190 g/mol. The van der Waals surface area contributed by atoms with Crippen molar-refractivity contribution in [3.8, 4) is 0 Å². The van der Waals surface area contributed by atoms with Crippen molar-refractivity contribution < 1.29 is 9.90 Å². The molecule has 0 N–H and O–H groups in total. The van der Waals surface area contributed by atoms with E-state index in [2.05, 4.69) is 4.98 Å². The van der Waals surface area contributed by atoms with Gasteiger partial charge in [0.1, 0.15) is 0 Å². The van der Waals surface area contributed by atoms with Crippen molar-refractivity contribution in [3.05, 3.63) is 47.1 Å². The van der Waals surface area contributed by atoms with Gasteiger partial charge in [0, 0.05) is 12.0 Å². The van der Waals surface area contributed by atoms with Crippen molar-refractivity contribution in [2.45, 2.75) is 6.92 Å². The van der Waals surface area contributed by atoms with E-state index in [1.54, 1.807) is 6.08 Å². The average Bonchev–Trinajstić information content (AvgIpc) is 2.15. The Labute approximate surface area is 82.1 Å². The highest BCUT2D eigenvalue weighted by Crippen LogP contribution is 1.99. The van der Waals surface area contributed by atoms with E-state index in [0.717, 1.165) is 12.5 Å². The lowest BCUT2D eigenvalue weighted by molar-refractivity contribution is -0.302. The fraction of sp³-hybridized carbons (Fsp3) is 0.100. The zero-order valence-corrected chi connectivity index (χ0v) is 7.75. The highest BCUT2D eigenvalue weighted by atomic mass is 16.4. The number of carbonyl (C=O) groups excluding carboxylic acids is 1. The van der Waals surface area contributed by atoms with E-state index in [-0.39, 0.29) is 0 Å². The molecule has 72 valence electrons. The van der Waals surface area contributed by atoms with Crippen molar-refractivity contribution in [1.82, 2.24) is 0 Å². The highest BCUT2D eigenvalue weighted by molar-refractivity contribution is 5.60. The fourth-order valence-electron chi connectivity index (χ4n) is 0.684. The highest BCUT2D eigenvalue weighted by Gasteiger charge is 1.84. The standard InChI is InChI=1S/C8H7N2.C2H4O2/c9-10-7-6-8-4-2-1-3-5-8;1-2(3)4/h1-7H;1H3,(H,3,4)/q+1;/p-1. The quantitative estimate of drug-likeness (QED) is 0.626. The maximum absolute atomic E-state index is 8.89. The summed E-state index contributed by atoms with van der Waals surface area (Å²) in [6.45, 7) is 0.972. The van der Waals surface area contributed by atoms with E-state index in [9.17, 15) is 0 Å². The number of benzene rings is 1. The molecule has 0 amide bonds. The Kier molecular flexibility index (Phi) is 6.35. The number of carboxylic acid groups (broad SMARTS) is 1. The van der Waals surface area contributed by atoms with E-state index in [1.807, 2.05) is 30.3 Å². The molecule has 4 heteroatoms. The summed E-state index contributed by atoms with van der Waals surface area (Å²) < 4.78 is 0. The van der Waals surface area contributed by atoms with Crippen LogP contribution in [0.2, 0.25) is 0 Å². The summed E-state index contributed by atoms with van der Waals surface area (Å²) in [7, 11) is 0. The largest absolute Gasteiger partial charge is 0.550 e. The number of rotatable bonds is 1. The van der Waals surface area contributed by atoms with Crippen LogP contribution >= 0.6 is 0 Å². The maximum atomic E-state index is 8.89. The van der Waals surface area contributed by atoms with Gasteiger partial charge in [0.2, 0.25) is 5.39 Å². The Bertz CT molecular complexity index is 335. The van der Waals surface area contributed by atoms with Crippen LogP contribution < -0.4 is 5.11 Å². The number of nitrogens with zero attached hydrogens (tertiary/aromatic N) is 2. The summed E-state index contributed by atoms with van der Waals surface area (Å²) in [5, 5.41) is 17.0. The summed E-state index contributed by atoms with van der Waals surface area (Å²) in [5.74, 6) is -1.08. The summed E-state index contributed by atoms with van der Waals surface area (Å²) in [6, 6.07) is 9.66. The van der Waals surface area contributed by atoms with Crippen molar-refractivity contribution in [2.24, 2.45) is 0 Å². The van der Waals surface area contributed by atoms with Gasteiger partial charge in [-0.25, -0.2) is 0 Å². The van der Waals surface area contributed by atoms with E-state index in [4.69, 9.17) is 15.3 Å². The Morgan fingerprint density at radius 2 is 1.93 bits per heavy atom. The van der Waals surface area contributed by atoms with Crippen LogP contribution in [-0.4, -0.2) is 5.97 Å². The van der Waals surface area contributed by atoms with Gasteiger partial charge in [0.05, 0.1) is 0 Å². The summed E-state index contributed by atoms with van der Waals surface area (Å²) in [6.07, 6.45) is 3.06. The molecule has 14 heavy (non-hydrogen) atoms. The van der Waals surface area contributed by atoms with Crippen LogP contribution in [0.3, 0.4) is 0 Å². The molecule has 0 aliphatic carbocycles. The van der Waals surface area contributed by atoms with Crippen molar-refractivity contribution in [3.63, 3.8) is 0 Å². The van der Waals surface area contributed by atoms with Gasteiger partial charge in [-0.05, 0) is 12.5 Å². The van der Waals surface area contributed by atoms with E-state index in [1.165, 1.54) is 6.20 Å². The van der Waals surface area contributed by atoms with Crippen LogP contribution in [-0.2, 0) is 4.79 Å². The van der Waals surface area contributed by atoms with Gasteiger partial charge in [0.25, 0.3) is 0 Å². The first-order valence-corrected chi connectivity index (χ1v) is 3.90. The second kappa shape index (κ2) is 7.50. The van der Waals surface area contributed by atoms with Gasteiger partial charge in [-0.3, -0.25) is 0 Å². The number of carbonyl (C=O) groups is 1.